The van der Waals surface area contributed by atoms with Gasteiger partial charge in [-0.2, -0.15) is 10.1 Å². The lowest BCUT2D eigenvalue weighted by molar-refractivity contribution is 0.152. The van der Waals surface area contributed by atoms with Crippen LogP contribution in [0.25, 0.3) is 11.4 Å². The molecule has 0 bridgehead atoms. The number of rotatable bonds is 8. The second-order valence-electron chi connectivity index (χ2n) is 7.64. The molecule has 0 unspecified atom stereocenters. The monoisotopic (exact) mass is 423 g/mol. The Morgan fingerprint density at radius 3 is 2.74 bits per heavy atom. The first kappa shape index (κ1) is 21.0. The summed E-state index contributed by atoms with van der Waals surface area (Å²) in [5.74, 6) is 2.43. The van der Waals surface area contributed by atoms with E-state index in [0.29, 0.717) is 24.2 Å². The number of nitrogens with zero attached hydrogens (tertiary/aromatic N) is 6. The molecule has 0 aromatic carbocycles. The Balaban J connectivity index is 1.53. The van der Waals surface area contributed by atoms with Gasteiger partial charge in [0, 0.05) is 19.3 Å². The molecule has 31 heavy (non-hydrogen) atoms. The van der Waals surface area contributed by atoms with Gasteiger partial charge in [-0.3, -0.25) is 4.68 Å². The first-order chi connectivity index (χ1) is 15.2. The molecule has 3 heterocycles. The zero-order valence-electron chi connectivity index (χ0n) is 18.3. The number of methoxy groups -OCH3 is 1. The molecule has 0 radical (unpaired) electrons. The number of nitrogens with one attached hydrogen (secondary N) is 1. The van der Waals surface area contributed by atoms with Gasteiger partial charge < -0.3 is 14.8 Å². The largest absolute Gasteiger partial charge is 0.487 e. The molecule has 9 heteroatoms. The van der Waals surface area contributed by atoms with Crippen molar-refractivity contribution in [3.63, 3.8) is 0 Å². The van der Waals surface area contributed by atoms with Crippen molar-refractivity contribution in [2.75, 3.05) is 12.4 Å². The van der Waals surface area contributed by atoms with Crippen LogP contribution >= 0.6 is 0 Å². The van der Waals surface area contributed by atoms with Crippen molar-refractivity contribution >= 4 is 5.95 Å². The summed E-state index contributed by atoms with van der Waals surface area (Å²) in [6, 6.07) is 1.71. The molecule has 1 aliphatic carbocycles. The highest BCUT2D eigenvalue weighted by Gasteiger charge is 2.19. The van der Waals surface area contributed by atoms with Gasteiger partial charge >= 0.3 is 0 Å². The van der Waals surface area contributed by atoms with Crippen LogP contribution in [-0.2, 0) is 20.0 Å². The van der Waals surface area contributed by atoms with E-state index in [4.69, 9.17) is 14.5 Å². The molecule has 1 N–H and O–H groups in total. The van der Waals surface area contributed by atoms with Crippen molar-refractivity contribution in [3.8, 4) is 23.0 Å². The molecule has 1 fully saturated rings. The van der Waals surface area contributed by atoms with Crippen LogP contribution in [0.4, 0.5) is 5.95 Å². The summed E-state index contributed by atoms with van der Waals surface area (Å²) in [7, 11) is 3.48. The summed E-state index contributed by atoms with van der Waals surface area (Å²) in [4.78, 5) is 18.0. The molecule has 164 valence electrons. The molecule has 1 aliphatic rings. The lowest BCUT2D eigenvalue weighted by atomic mass is 9.98. The van der Waals surface area contributed by atoms with E-state index < -0.39 is 0 Å². The van der Waals surface area contributed by atoms with Crippen LogP contribution in [0, 0.1) is 0 Å². The second-order valence-corrected chi connectivity index (χ2v) is 7.64. The smallest absolute Gasteiger partial charge is 0.226 e. The molecule has 0 spiro atoms. The van der Waals surface area contributed by atoms with E-state index in [9.17, 15) is 0 Å². The number of aryl methyl sites for hydroxylation is 2. The van der Waals surface area contributed by atoms with Crippen LogP contribution < -0.4 is 14.8 Å². The second kappa shape index (κ2) is 9.72. The fourth-order valence-electron chi connectivity index (χ4n) is 3.81. The topological polar surface area (TPSA) is 99.9 Å². The number of hydrogen-bond donors (Lipinski definition) is 1. The van der Waals surface area contributed by atoms with Gasteiger partial charge in [-0.25, -0.2) is 15.0 Å². The van der Waals surface area contributed by atoms with Gasteiger partial charge in [-0.05, 0) is 32.1 Å². The molecule has 1 saturated carbocycles. The first-order valence-electron chi connectivity index (χ1n) is 10.8. The van der Waals surface area contributed by atoms with Gasteiger partial charge in [0.2, 0.25) is 11.8 Å². The highest BCUT2D eigenvalue weighted by Crippen LogP contribution is 2.28. The fraction of sp³-hybridized carbons (Fsp3) is 0.500. The van der Waals surface area contributed by atoms with Crippen molar-refractivity contribution in [1.29, 1.82) is 0 Å². The standard InChI is InChI=1S/C22H29N7O2/c1-4-17-19(31-15-8-6-5-7-9-15)14-24-21(27-17)16-12-26-29(2)18(16)13-25-22-23-11-10-20(28-22)30-3/h10-12,14-15H,4-9,13H2,1-3H3,(H,23,25,28). The third-order valence-electron chi connectivity index (χ3n) is 5.57. The van der Waals surface area contributed by atoms with E-state index in [2.05, 4.69) is 32.3 Å². The predicted octanol–water partition coefficient (Wildman–Crippen LogP) is 3.56. The highest BCUT2D eigenvalue weighted by atomic mass is 16.5. The van der Waals surface area contributed by atoms with Crippen LogP contribution in [0.5, 0.6) is 11.6 Å². The van der Waals surface area contributed by atoms with Crippen LogP contribution in [0.1, 0.15) is 50.4 Å². The van der Waals surface area contributed by atoms with Crippen molar-refractivity contribution in [3.05, 3.63) is 36.0 Å². The molecule has 0 saturated heterocycles. The third-order valence-corrected chi connectivity index (χ3v) is 5.57. The summed E-state index contributed by atoms with van der Waals surface area (Å²) < 4.78 is 13.2. The average Bonchev–Trinajstić information content (AvgIpc) is 3.19. The van der Waals surface area contributed by atoms with Gasteiger partial charge in [0.15, 0.2) is 11.6 Å². The van der Waals surface area contributed by atoms with E-state index in [1.54, 1.807) is 25.6 Å². The van der Waals surface area contributed by atoms with E-state index >= 15 is 0 Å². The maximum Gasteiger partial charge on any atom is 0.226 e. The zero-order chi connectivity index (χ0) is 21.6. The molecule has 0 aliphatic heterocycles. The Morgan fingerprint density at radius 2 is 1.97 bits per heavy atom. The van der Waals surface area contributed by atoms with Gasteiger partial charge in [0.1, 0.15) is 0 Å². The SMILES string of the molecule is CCc1nc(-c2cnn(C)c2CNc2nccc(OC)n2)ncc1OC1CCCCC1. The Morgan fingerprint density at radius 1 is 1.13 bits per heavy atom. The maximum absolute atomic E-state index is 6.24. The molecule has 3 aromatic heterocycles. The molecule has 0 atom stereocenters. The van der Waals surface area contributed by atoms with Crippen molar-refractivity contribution in [1.82, 2.24) is 29.7 Å². The van der Waals surface area contributed by atoms with Crippen molar-refractivity contribution in [2.24, 2.45) is 7.05 Å². The average molecular weight is 424 g/mol. The summed E-state index contributed by atoms with van der Waals surface area (Å²) in [6.07, 6.45) is 12.3. The van der Waals surface area contributed by atoms with Gasteiger partial charge in [-0.1, -0.05) is 13.3 Å². The van der Waals surface area contributed by atoms with Crippen LogP contribution in [0.15, 0.2) is 24.7 Å². The Hall–Kier alpha value is -3.23. The normalized spacial score (nSPS) is 14.4. The minimum absolute atomic E-state index is 0.273. The predicted molar refractivity (Wildman–Crippen MR) is 117 cm³/mol. The van der Waals surface area contributed by atoms with E-state index in [0.717, 1.165) is 42.0 Å². The zero-order valence-corrected chi connectivity index (χ0v) is 18.3. The van der Waals surface area contributed by atoms with E-state index in [-0.39, 0.29) is 6.10 Å². The molecule has 3 aromatic rings. The third kappa shape index (κ3) is 4.92. The molecule has 0 amide bonds. The number of hydrogen-bond acceptors (Lipinski definition) is 8. The highest BCUT2D eigenvalue weighted by molar-refractivity contribution is 5.58. The van der Waals surface area contributed by atoms with Crippen LogP contribution in [-0.4, -0.2) is 42.9 Å². The first-order valence-corrected chi connectivity index (χ1v) is 10.8. The van der Waals surface area contributed by atoms with Crippen molar-refractivity contribution in [2.45, 2.75) is 58.1 Å². The summed E-state index contributed by atoms with van der Waals surface area (Å²) in [6.45, 7) is 2.57. The van der Waals surface area contributed by atoms with Gasteiger partial charge in [-0.15, -0.1) is 0 Å². The quantitative estimate of drug-likeness (QED) is 0.587. The Labute approximate surface area is 182 Å². The van der Waals surface area contributed by atoms with E-state index in [1.807, 2.05) is 17.9 Å². The summed E-state index contributed by atoms with van der Waals surface area (Å²) in [5, 5.41) is 7.63. The molecular formula is C22H29N7O2. The summed E-state index contributed by atoms with van der Waals surface area (Å²) in [5.41, 5.74) is 2.74. The minimum Gasteiger partial charge on any atom is -0.487 e. The fourth-order valence-corrected chi connectivity index (χ4v) is 3.81. The van der Waals surface area contributed by atoms with Crippen LogP contribution in [0.2, 0.25) is 0 Å². The lowest BCUT2D eigenvalue weighted by Gasteiger charge is -2.23. The maximum atomic E-state index is 6.24. The van der Waals surface area contributed by atoms with Gasteiger partial charge in [0.25, 0.3) is 0 Å². The Kier molecular flexibility index (Phi) is 6.59. The molecule has 9 nitrogen and oxygen atoms in total. The molecular weight excluding hydrogens is 394 g/mol. The number of anilines is 1. The summed E-state index contributed by atoms with van der Waals surface area (Å²) >= 11 is 0. The molecule has 4 rings (SSSR count). The number of ether oxygens (including phenoxy) is 2. The van der Waals surface area contributed by atoms with Crippen molar-refractivity contribution < 1.29 is 9.47 Å². The lowest BCUT2D eigenvalue weighted by Crippen LogP contribution is -2.20. The minimum atomic E-state index is 0.273. The number of aromatic nitrogens is 6. The Bertz CT molecular complexity index is 1010. The van der Waals surface area contributed by atoms with Crippen LogP contribution in [0.3, 0.4) is 0 Å². The van der Waals surface area contributed by atoms with Gasteiger partial charge in [0.05, 0.1) is 49.1 Å². The van der Waals surface area contributed by atoms with E-state index in [1.165, 1.54) is 19.3 Å².